The van der Waals surface area contributed by atoms with Gasteiger partial charge >= 0.3 is 12.2 Å². The van der Waals surface area contributed by atoms with Gasteiger partial charge in [0.05, 0.1) is 38.2 Å². The fourth-order valence-electron chi connectivity index (χ4n) is 4.39. The van der Waals surface area contributed by atoms with Crippen LogP contribution < -0.4 is 14.8 Å². The number of nitrogens with one attached hydrogen (secondary N) is 1. The van der Waals surface area contributed by atoms with E-state index >= 15 is 0 Å². The highest BCUT2D eigenvalue weighted by Gasteiger charge is 2.30. The standard InChI is InChI=1S/C29H31ClF3N3O4/c1-38-24-11-12-26(39-2)25(17-24)34-28(37)36-15-13-35(14-16-36)18-27(21-5-9-23(30)10-6-21)40-19-20-3-7-22(8-4-20)29(31,32)33/h3-12,17,27H,13-16,18-19H2,1-2H3,(H,34,37). The molecule has 1 N–H and O–H groups in total. The van der Waals surface area contributed by atoms with Crippen molar-refractivity contribution in [2.75, 3.05) is 52.3 Å². The van der Waals surface area contributed by atoms with Gasteiger partial charge in [0.15, 0.2) is 0 Å². The molecule has 214 valence electrons. The molecule has 2 amide bonds. The lowest BCUT2D eigenvalue weighted by Crippen LogP contribution is -2.50. The van der Waals surface area contributed by atoms with E-state index in [4.69, 9.17) is 25.8 Å². The Morgan fingerprint density at radius 3 is 2.23 bits per heavy atom. The van der Waals surface area contributed by atoms with Crippen LogP contribution in [0.5, 0.6) is 11.5 Å². The Balaban J connectivity index is 1.36. The monoisotopic (exact) mass is 577 g/mol. The fraction of sp³-hybridized carbons (Fsp3) is 0.345. The largest absolute Gasteiger partial charge is 0.497 e. The first-order valence-corrected chi connectivity index (χ1v) is 13.1. The van der Waals surface area contributed by atoms with Crippen LogP contribution in [0.1, 0.15) is 22.8 Å². The van der Waals surface area contributed by atoms with Crippen LogP contribution >= 0.6 is 11.6 Å². The van der Waals surface area contributed by atoms with E-state index in [1.54, 1.807) is 42.3 Å². The molecule has 1 heterocycles. The second-order valence-electron chi connectivity index (χ2n) is 9.33. The topological polar surface area (TPSA) is 63.3 Å². The number of amides is 2. The van der Waals surface area contributed by atoms with Crippen molar-refractivity contribution in [1.82, 2.24) is 9.80 Å². The summed E-state index contributed by atoms with van der Waals surface area (Å²) < 4.78 is 55.5. The van der Waals surface area contributed by atoms with Crippen LogP contribution in [0.25, 0.3) is 0 Å². The first kappa shape index (κ1) is 29.5. The minimum atomic E-state index is -4.38. The molecule has 1 unspecified atom stereocenters. The fourth-order valence-corrected chi connectivity index (χ4v) is 4.52. The normalized spacial score (nSPS) is 15.0. The smallest absolute Gasteiger partial charge is 0.416 e. The predicted octanol–water partition coefficient (Wildman–Crippen LogP) is 6.48. The van der Waals surface area contributed by atoms with Gasteiger partial charge in [-0.1, -0.05) is 35.9 Å². The summed E-state index contributed by atoms with van der Waals surface area (Å²) in [6.45, 7) is 2.94. The summed E-state index contributed by atoms with van der Waals surface area (Å²) >= 11 is 6.07. The highest BCUT2D eigenvalue weighted by atomic mass is 35.5. The van der Waals surface area contributed by atoms with Gasteiger partial charge in [-0.3, -0.25) is 4.90 Å². The average molecular weight is 578 g/mol. The number of carbonyl (C=O) groups is 1. The van der Waals surface area contributed by atoms with Crippen LogP contribution in [0.3, 0.4) is 0 Å². The molecule has 1 fully saturated rings. The van der Waals surface area contributed by atoms with E-state index in [0.29, 0.717) is 60.5 Å². The zero-order valence-electron chi connectivity index (χ0n) is 22.2. The number of carbonyl (C=O) groups excluding carboxylic acids is 1. The Kier molecular flexibility index (Phi) is 9.78. The van der Waals surface area contributed by atoms with Crippen LogP contribution in [-0.4, -0.2) is 62.8 Å². The summed E-state index contributed by atoms with van der Waals surface area (Å²) in [4.78, 5) is 16.9. The quantitative estimate of drug-likeness (QED) is 0.315. The van der Waals surface area contributed by atoms with E-state index in [-0.39, 0.29) is 18.7 Å². The summed E-state index contributed by atoms with van der Waals surface area (Å²) in [6.07, 6.45) is -4.73. The number of rotatable bonds is 9. The van der Waals surface area contributed by atoms with E-state index in [2.05, 4.69) is 10.2 Å². The maximum absolute atomic E-state index is 13.0. The molecule has 1 aliphatic rings. The number of methoxy groups -OCH3 is 2. The molecule has 3 aromatic carbocycles. The summed E-state index contributed by atoms with van der Waals surface area (Å²) in [5, 5.41) is 3.50. The van der Waals surface area contributed by atoms with E-state index < -0.39 is 11.7 Å². The first-order valence-electron chi connectivity index (χ1n) is 12.7. The third-order valence-corrected chi connectivity index (χ3v) is 6.96. The molecule has 7 nitrogen and oxygen atoms in total. The van der Waals surface area contributed by atoms with Gasteiger partial charge < -0.3 is 24.4 Å². The number of benzene rings is 3. The van der Waals surface area contributed by atoms with Crippen LogP contribution in [0, 0.1) is 0 Å². The zero-order valence-corrected chi connectivity index (χ0v) is 23.0. The van der Waals surface area contributed by atoms with Crippen molar-refractivity contribution < 1.29 is 32.2 Å². The Morgan fingerprint density at radius 2 is 1.62 bits per heavy atom. The van der Waals surface area contributed by atoms with Gasteiger partial charge in [0.25, 0.3) is 0 Å². The van der Waals surface area contributed by atoms with Gasteiger partial charge in [0.2, 0.25) is 0 Å². The number of halogens is 4. The third kappa shape index (κ3) is 7.80. The van der Waals surface area contributed by atoms with E-state index in [1.807, 2.05) is 12.1 Å². The van der Waals surface area contributed by atoms with Crippen LogP contribution in [0.15, 0.2) is 66.7 Å². The number of ether oxygens (including phenoxy) is 3. The maximum Gasteiger partial charge on any atom is 0.416 e. The summed E-state index contributed by atoms with van der Waals surface area (Å²) in [6, 6.07) is 17.2. The lowest BCUT2D eigenvalue weighted by atomic mass is 10.1. The van der Waals surface area contributed by atoms with E-state index in [0.717, 1.165) is 17.7 Å². The number of hydrogen-bond acceptors (Lipinski definition) is 5. The van der Waals surface area contributed by atoms with Crippen LogP contribution in [-0.2, 0) is 17.5 Å². The van der Waals surface area contributed by atoms with Crippen molar-refractivity contribution in [3.05, 3.63) is 88.4 Å². The molecule has 0 aliphatic carbocycles. The molecule has 0 spiro atoms. The molecule has 40 heavy (non-hydrogen) atoms. The molecule has 0 bridgehead atoms. The second-order valence-corrected chi connectivity index (χ2v) is 9.77. The van der Waals surface area contributed by atoms with Crippen LogP contribution in [0.2, 0.25) is 5.02 Å². The Hall–Kier alpha value is -3.47. The van der Waals surface area contributed by atoms with Crippen LogP contribution in [0.4, 0.5) is 23.7 Å². The number of alkyl halides is 3. The summed E-state index contributed by atoms with van der Waals surface area (Å²) in [5.41, 5.74) is 1.37. The summed E-state index contributed by atoms with van der Waals surface area (Å²) in [7, 11) is 3.09. The molecular formula is C29H31ClF3N3O4. The molecule has 3 aromatic rings. The van der Waals surface area contributed by atoms with Gasteiger partial charge in [-0.25, -0.2) is 4.79 Å². The highest BCUT2D eigenvalue weighted by molar-refractivity contribution is 6.30. The van der Waals surface area contributed by atoms with Crippen molar-refractivity contribution in [3.63, 3.8) is 0 Å². The lowest BCUT2D eigenvalue weighted by molar-refractivity contribution is -0.137. The Labute approximate surface area is 236 Å². The van der Waals surface area contributed by atoms with Crippen molar-refractivity contribution in [2.45, 2.75) is 18.9 Å². The molecule has 0 aromatic heterocycles. The average Bonchev–Trinajstić information content (AvgIpc) is 2.95. The SMILES string of the molecule is COc1ccc(OC)c(NC(=O)N2CCN(CC(OCc3ccc(C(F)(F)F)cc3)c3ccc(Cl)cc3)CC2)c1. The zero-order chi connectivity index (χ0) is 28.7. The minimum Gasteiger partial charge on any atom is -0.497 e. The number of hydrogen-bond donors (Lipinski definition) is 1. The van der Waals surface area contributed by atoms with Crippen molar-refractivity contribution in [3.8, 4) is 11.5 Å². The van der Waals surface area contributed by atoms with Gasteiger partial charge in [0.1, 0.15) is 11.5 Å². The number of urea groups is 1. The number of anilines is 1. The van der Waals surface area contributed by atoms with Crippen molar-refractivity contribution >= 4 is 23.3 Å². The third-order valence-electron chi connectivity index (χ3n) is 6.71. The minimum absolute atomic E-state index is 0.149. The Morgan fingerprint density at radius 1 is 0.950 bits per heavy atom. The molecule has 0 saturated carbocycles. The molecular weight excluding hydrogens is 547 g/mol. The van der Waals surface area contributed by atoms with Gasteiger partial charge in [-0.2, -0.15) is 13.2 Å². The molecule has 1 aliphatic heterocycles. The first-order chi connectivity index (χ1) is 19.2. The molecule has 0 radical (unpaired) electrons. The number of nitrogens with zero attached hydrogens (tertiary/aromatic N) is 2. The van der Waals surface area contributed by atoms with E-state index in [1.165, 1.54) is 19.2 Å². The Bertz CT molecular complexity index is 1270. The van der Waals surface area contributed by atoms with Gasteiger partial charge in [0, 0.05) is 43.8 Å². The van der Waals surface area contributed by atoms with Gasteiger partial charge in [-0.05, 0) is 47.5 Å². The van der Waals surface area contributed by atoms with Gasteiger partial charge in [-0.15, -0.1) is 0 Å². The van der Waals surface area contributed by atoms with Crippen molar-refractivity contribution in [1.29, 1.82) is 0 Å². The predicted molar refractivity (Wildman–Crippen MR) is 147 cm³/mol. The molecule has 4 rings (SSSR count). The molecule has 1 saturated heterocycles. The lowest BCUT2D eigenvalue weighted by Gasteiger charge is -2.36. The molecule has 1 atom stereocenters. The molecule has 11 heteroatoms. The summed E-state index contributed by atoms with van der Waals surface area (Å²) in [5.74, 6) is 1.13. The maximum atomic E-state index is 13.0. The highest BCUT2D eigenvalue weighted by Crippen LogP contribution is 2.31. The second kappa shape index (κ2) is 13.3. The van der Waals surface area contributed by atoms with Crippen molar-refractivity contribution in [2.24, 2.45) is 0 Å². The number of piperazine rings is 1. The van der Waals surface area contributed by atoms with E-state index in [9.17, 15) is 18.0 Å².